The van der Waals surface area contributed by atoms with Crippen LogP contribution in [0.15, 0.2) is 0 Å². The Kier molecular flexibility index (Phi) is 7.65. The van der Waals surface area contributed by atoms with Crippen LogP contribution in [-0.4, -0.2) is 37.5 Å². The fraction of sp³-hybridized carbons (Fsp3) is 0.857. The summed E-state index contributed by atoms with van der Waals surface area (Å²) in [5.41, 5.74) is -0.881. The molecule has 19 heavy (non-hydrogen) atoms. The van der Waals surface area contributed by atoms with Gasteiger partial charge in [0.1, 0.15) is 12.0 Å². The molecule has 0 unspecified atom stereocenters. The van der Waals surface area contributed by atoms with Gasteiger partial charge >= 0.3 is 5.97 Å². The van der Waals surface area contributed by atoms with Crippen LogP contribution in [0.5, 0.6) is 0 Å². The van der Waals surface area contributed by atoms with E-state index in [1.807, 2.05) is 27.7 Å². The summed E-state index contributed by atoms with van der Waals surface area (Å²) in [6.07, 6.45) is 1.17. The summed E-state index contributed by atoms with van der Waals surface area (Å²) in [5, 5.41) is 8.41. The van der Waals surface area contributed by atoms with E-state index in [4.69, 9.17) is 19.5 Å². The molecule has 0 aliphatic rings. The van der Waals surface area contributed by atoms with Crippen molar-refractivity contribution in [2.75, 3.05) is 20.3 Å². The highest BCUT2D eigenvalue weighted by Gasteiger charge is 2.25. The second-order valence-electron chi connectivity index (χ2n) is 5.67. The zero-order valence-electron chi connectivity index (χ0n) is 12.6. The van der Waals surface area contributed by atoms with E-state index in [1.165, 1.54) is 0 Å². The van der Waals surface area contributed by atoms with Gasteiger partial charge in [-0.05, 0) is 34.1 Å². The first-order valence-corrected chi connectivity index (χ1v) is 6.44. The maximum Gasteiger partial charge on any atom is 0.320 e. The van der Waals surface area contributed by atoms with Gasteiger partial charge in [-0.25, -0.2) is 0 Å². The van der Waals surface area contributed by atoms with Gasteiger partial charge in [0.15, 0.2) is 0 Å². The number of methoxy groups -OCH3 is 1. The number of rotatable bonds is 9. The molecule has 0 N–H and O–H groups in total. The zero-order valence-corrected chi connectivity index (χ0v) is 12.6. The SMILES string of the molecule is COCCC(C)(C)OCCC(C)(C)OC(=O)CC#N. The number of carbonyl (C=O) groups excluding carboxylic acids is 1. The van der Waals surface area contributed by atoms with Gasteiger partial charge in [0, 0.05) is 20.1 Å². The molecule has 0 heterocycles. The van der Waals surface area contributed by atoms with Gasteiger partial charge < -0.3 is 14.2 Å². The van der Waals surface area contributed by atoms with Crippen molar-refractivity contribution in [1.82, 2.24) is 0 Å². The van der Waals surface area contributed by atoms with E-state index in [9.17, 15) is 4.79 Å². The highest BCUT2D eigenvalue weighted by atomic mass is 16.6. The summed E-state index contributed by atoms with van der Waals surface area (Å²) < 4.78 is 16.0. The number of carbonyl (C=O) groups is 1. The third-order valence-corrected chi connectivity index (χ3v) is 2.72. The van der Waals surface area contributed by atoms with Crippen molar-refractivity contribution in [2.45, 2.75) is 58.2 Å². The van der Waals surface area contributed by atoms with E-state index in [2.05, 4.69) is 0 Å². The maximum atomic E-state index is 11.3. The minimum atomic E-state index is -0.620. The Labute approximate surface area is 115 Å². The summed E-state index contributed by atoms with van der Waals surface area (Å²) in [6, 6.07) is 1.77. The Bertz CT molecular complexity index is 318. The topological polar surface area (TPSA) is 68.6 Å². The van der Waals surface area contributed by atoms with Crippen molar-refractivity contribution in [1.29, 1.82) is 5.26 Å². The molecule has 0 aliphatic heterocycles. The Morgan fingerprint density at radius 3 is 2.21 bits per heavy atom. The van der Waals surface area contributed by atoms with E-state index in [-0.39, 0.29) is 12.0 Å². The average Bonchev–Trinajstić information content (AvgIpc) is 2.25. The van der Waals surface area contributed by atoms with Crippen LogP contribution in [0.2, 0.25) is 0 Å². The number of ether oxygens (including phenoxy) is 3. The quantitative estimate of drug-likeness (QED) is 0.602. The molecule has 0 saturated carbocycles. The van der Waals surface area contributed by atoms with E-state index >= 15 is 0 Å². The van der Waals surface area contributed by atoms with Gasteiger partial charge in [-0.15, -0.1) is 0 Å². The predicted octanol–water partition coefficient (Wildman–Crippen LogP) is 2.44. The minimum absolute atomic E-state index is 0.219. The highest BCUT2D eigenvalue weighted by Crippen LogP contribution is 2.19. The van der Waals surface area contributed by atoms with Gasteiger partial charge in [0.05, 0.1) is 18.3 Å². The number of nitriles is 1. The molecule has 5 heteroatoms. The van der Waals surface area contributed by atoms with Gasteiger partial charge in [-0.1, -0.05) is 0 Å². The number of nitrogens with zero attached hydrogens (tertiary/aromatic N) is 1. The lowest BCUT2D eigenvalue weighted by molar-refractivity contribution is -0.158. The molecule has 0 bridgehead atoms. The van der Waals surface area contributed by atoms with Crippen molar-refractivity contribution in [2.24, 2.45) is 0 Å². The standard InChI is InChI=1S/C14H25NO4/c1-13(2,7-10-17-5)18-11-8-14(3,4)19-12(16)6-9-15/h6-8,10-11H2,1-5H3. The molecule has 0 spiro atoms. The molecule has 0 rings (SSSR count). The summed E-state index contributed by atoms with van der Waals surface area (Å²) in [5.74, 6) is -0.494. The van der Waals surface area contributed by atoms with Crippen LogP contribution in [-0.2, 0) is 19.0 Å². The molecule has 0 atom stereocenters. The van der Waals surface area contributed by atoms with Gasteiger partial charge in [-0.3, -0.25) is 4.79 Å². The lowest BCUT2D eigenvalue weighted by Gasteiger charge is -2.29. The molecule has 0 saturated heterocycles. The third kappa shape index (κ3) is 9.46. The molecule has 110 valence electrons. The lowest BCUT2D eigenvalue weighted by atomic mass is 10.0. The van der Waals surface area contributed by atoms with Crippen LogP contribution in [0.4, 0.5) is 0 Å². The van der Waals surface area contributed by atoms with E-state index < -0.39 is 11.6 Å². The molecular formula is C14H25NO4. The highest BCUT2D eigenvalue weighted by molar-refractivity contribution is 5.72. The second-order valence-corrected chi connectivity index (χ2v) is 5.67. The van der Waals surface area contributed by atoms with Crippen LogP contribution in [0.3, 0.4) is 0 Å². The fourth-order valence-electron chi connectivity index (χ4n) is 1.45. The van der Waals surface area contributed by atoms with Crippen LogP contribution in [0.1, 0.15) is 47.0 Å². The van der Waals surface area contributed by atoms with Crippen LogP contribution in [0, 0.1) is 11.3 Å². The zero-order chi connectivity index (χ0) is 14.9. The van der Waals surface area contributed by atoms with Crippen LogP contribution < -0.4 is 0 Å². The first-order chi connectivity index (χ1) is 8.72. The van der Waals surface area contributed by atoms with Crippen molar-refractivity contribution in [3.63, 3.8) is 0 Å². The molecular weight excluding hydrogens is 246 g/mol. The molecule has 0 amide bonds. The Balaban J connectivity index is 4.04. The Morgan fingerprint density at radius 2 is 1.68 bits per heavy atom. The van der Waals surface area contributed by atoms with Gasteiger partial charge in [0.25, 0.3) is 0 Å². The Morgan fingerprint density at radius 1 is 1.11 bits per heavy atom. The Hall–Kier alpha value is -1.12. The molecule has 0 aromatic carbocycles. The van der Waals surface area contributed by atoms with Gasteiger partial charge in [0.2, 0.25) is 0 Å². The number of hydrogen-bond acceptors (Lipinski definition) is 5. The molecule has 0 aromatic rings. The van der Waals surface area contributed by atoms with Crippen molar-refractivity contribution < 1.29 is 19.0 Å². The van der Waals surface area contributed by atoms with Crippen molar-refractivity contribution in [3.05, 3.63) is 0 Å². The lowest BCUT2D eigenvalue weighted by Crippen LogP contribution is -2.33. The second kappa shape index (κ2) is 8.13. The largest absolute Gasteiger partial charge is 0.459 e. The molecule has 0 aromatic heterocycles. The monoisotopic (exact) mass is 271 g/mol. The fourth-order valence-corrected chi connectivity index (χ4v) is 1.45. The predicted molar refractivity (Wildman–Crippen MR) is 71.5 cm³/mol. The first-order valence-electron chi connectivity index (χ1n) is 6.44. The molecule has 5 nitrogen and oxygen atoms in total. The molecule has 0 radical (unpaired) electrons. The smallest absolute Gasteiger partial charge is 0.320 e. The summed E-state index contributed by atoms with van der Waals surface area (Å²) >= 11 is 0. The van der Waals surface area contributed by atoms with E-state index in [0.29, 0.717) is 19.6 Å². The third-order valence-electron chi connectivity index (χ3n) is 2.72. The van der Waals surface area contributed by atoms with Gasteiger partial charge in [-0.2, -0.15) is 5.26 Å². The minimum Gasteiger partial charge on any atom is -0.459 e. The first kappa shape index (κ1) is 17.9. The average molecular weight is 271 g/mol. The van der Waals surface area contributed by atoms with E-state index in [0.717, 1.165) is 6.42 Å². The number of hydrogen-bond donors (Lipinski definition) is 0. The summed E-state index contributed by atoms with van der Waals surface area (Å²) in [4.78, 5) is 11.3. The van der Waals surface area contributed by atoms with Crippen molar-refractivity contribution in [3.8, 4) is 6.07 Å². The summed E-state index contributed by atoms with van der Waals surface area (Å²) in [6.45, 7) is 8.76. The normalized spacial score (nSPS) is 12.0. The van der Waals surface area contributed by atoms with Crippen molar-refractivity contribution >= 4 is 5.97 Å². The number of esters is 1. The van der Waals surface area contributed by atoms with Crippen LogP contribution >= 0.6 is 0 Å². The molecule has 0 fully saturated rings. The van der Waals surface area contributed by atoms with Crippen LogP contribution in [0.25, 0.3) is 0 Å². The summed E-state index contributed by atoms with van der Waals surface area (Å²) in [7, 11) is 1.66. The maximum absolute atomic E-state index is 11.3. The molecule has 0 aliphatic carbocycles. The van der Waals surface area contributed by atoms with E-state index in [1.54, 1.807) is 13.2 Å².